The Hall–Kier alpha value is -1.70. The first-order valence-electron chi connectivity index (χ1n) is 12.1. The SMILES string of the molecule is C/C(=C\[C@H](C)C[C@@H](C)CC/C(=C\Cl)CCCN(C)C(=O)C[C@H](C)O)C(=O)N(C)Cc1nccs1. The number of hydrogen-bond acceptors (Lipinski definition) is 5. The van der Waals surface area contributed by atoms with Gasteiger partial charge in [-0.25, -0.2) is 4.98 Å². The maximum Gasteiger partial charge on any atom is 0.249 e. The highest BCUT2D eigenvalue weighted by Crippen LogP contribution is 2.23. The molecule has 1 aromatic heterocycles. The molecule has 0 radical (unpaired) electrons. The summed E-state index contributed by atoms with van der Waals surface area (Å²) in [5, 5.41) is 12.2. The van der Waals surface area contributed by atoms with Gasteiger partial charge in [0.15, 0.2) is 0 Å². The fraction of sp³-hybridized carbons (Fsp3) is 0.654. The summed E-state index contributed by atoms with van der Waals surface area (Å²) in [6.07, 6.45) is 8.06. The largest absolute Gasteiger partial charge is 0.393 e. The van der Waals surface area contributed by atoms with E-state index in [4.69, 9.17) is 11.6 Å². The Labute approximate surface area is 214 Å². The van der Waals surface area contributed by atoms with Crippen LogP contribution in [-0.2, 0) is 16.1 Å². The molecule has 8 heteroatoms. The van der Waals surface area contributed by atoms with Gasteiger partial charge in [0.2, 0.25) is 11.8 Å². The van der Waals surface area contributed by atoms with E-state index in [-0.39, 0.29) is 18.2 Å². The van der Waals surface area contributed by atoms with Gasteiger partial charge in [0.05, 0.1) is 19.1 Å². The topological polar surface area (TPSA) is 73.7 Å². The number of aromatic nitrogens is 1. The van der Waals surface area contributed by atoms with Crippen LogP contribution in [0.5, 0.6) is 0 Å². The van der Waals surface area contributed by atoms with Crippen molar-refractivity contribution in [1.82, 2.24) is 14.8 Å². The summed E-state index contributed by atoms with van der Waals surface area (Å²) in [6, 6.07) is 0. The molecule has 0 aromatic carbocycles. The zero-order valence-electron chi connectivity index (χ0n) is 21.6. The molecule has 0 spiro atoms. The van der Waals surface area contributed by atoms with Gasteiger partial charge < -0.3 is 14.9 Å². The molecule has 3 atom stereocenters. The fourth-order valence-corrected chi connectivity index (χ4v) is 4.85. The lowest BCUT2D eigenvalue weighted by Crippen LogP contribution is -2.30. The van der Waals surface area contributed by atoms with Gasteiger partial charge in [-0.05, 0) is 57.8 Å². The molecule has 0 aliphatic rings. The summed E-state index contributed by atoms with van der Waals surface area (Å²) < 4.78 is 0. The lowest BCUT2D eigenvalue weighted by Gasteiger charge is -2.20. The summed E-state index contributed by atoms with van der Waals surface area (Å²) in [7, 11) is 3.59. The molecule has 0 saturated heterocycles. The van der Waals surface area contributed by atoms with Crippen LogP contribution in [0.15, 0.2) is 34.3 Å². The predicted molar refractivity (Wildman–Crippen MR) is 142 cm³/mol. The highest BCUT2D eigenvalue weighted by atomic mass is 35.5. The van der Waals surface area contributed by atoms with Crippen molar-refractivity contribution in [1.29, 1.82) is 0 Å². The van der Waals surface area contributed by atoms with E-state index in [1.165, 1.54) is 5.57 Å². The molecular weight excluding hydrogens is 470 g/mol. The summed E-state index contributed by atoms with van der Waals surface area (Å²) >= 11 is 7.61. The van der Waals surface area contributed by atoms with Crippen LogP contribution >= 0.6 is 22.9 Å². The molecule has 0 fully saturated rings. The van der Waals surface area contributed by atoms with Crippen LogP contribution in [0.2, 0.25) is 0 Å². The molecule has 1 aromatic rings. The summed E-state index contributed by atoms with van der Waals surface area (Å²) in [6.45, 7) is 9.10. The van der Waals surface area contributed by atoms with Crippen LogP contribution in [-0.4, -0.2) is 58.4 Å². The Kier molecular flexibility index (Phi) is 14.3. The van der Waals surface area contributed by atoms with Crippen molar-refractivity contribution in [2.24, 2.45) is 11.8 Å². The number of aliphatic hydroxyl groups excluding tert-OH is 1. The van der Waals surface area contributed by atoms with Gasteiger partial charge in [-0.2, -0.15) is 0 Å². The second-order valence-electron chi connectivity index (χ2n) is 9.53. The Bertz CT molecular complexity index is 808. The zero-order valence-corrected chi connectivity index (χ0v) is 23.2. The van der Waals surface area contributed by atoms with E-state index in [0.717, 1.165) is 42.7 Å². The molecule has 6 nitrogen and oxygen atoms in total. The number of likely N-dealkylation sites (N-methyl/N-ethyl adjacent to an activating group) is 1. The average molecular weight is 512 g/mol. The molecule has 0 bridgehead atoms. The monoisotopic (exact) mass is 511 g/mol. The van der Waals surface area contributed by atoms with Gasteiger partial charge in [-0.3, -0.25) is 9.59 Å². The van der Waals surface area contributed by atoms with Gasteiger partial charge in [0, 0.05) is 43.3 Å². The van der Waals surface area contributed by atoms with Crippen molar-refractivity contribution in [3.05, 3.63) is 39.3 Å². The van der Waals surface area contributed by atoms with Crippen LogP contribution < -0.4 is 0 Å². The molecule has 0 unspecified atom stereocenters. The van der Waals surface area contributed by atoms with Crippen molar-refractivity contribution >= 4 is 34.8 Å². The number of allylic oxidation sites excluding steroid dienone is 2. The van der Waals surface area contributed by atoms with Crippen molar-refractivity contribution in [2.75, 3.05) is 20.6 Å². The van der Waals surface area contributed by atoms with E-state index in [9.17, 15) is 14.7 Å². The molecule has 2 amide bonds. The number of nitrogens with zero attached hydrogens (tertiary/aromatic N) is 3. The van der Waals surface area contributed by atoms with Crippen LogP contribution in [0.1, 0.15) is 71.2 Å². The maximum absolute atomic E-state index is 12.7. The Morgan fingerprint density at radius 1 is 1.21 bits per heavy atom. The van der Waals surface area contributed by atoms with E-state index in [1.807, 2.05) is 19.4 Å². The number of aliphatic hydroxyl groups is 1. The van der Waals surface area contributed by atoms with E-state index in [0.29, 0.717) is 24.9 Å². The standard InChI is InChI=1S/C26H42ClN3O3S/c1-19(9-10-23(17-27)8-7-12-29(5)25(32)16-22(4)31)14-20(2)15-21(3)26(33)30(6)18-24-28-11-13-34-24/h11,13,15,17,19-20,22,31H,7-10,12,14,16,18H2,1-6H3/b21-15+,23-17-/t19-,20+,22-/m0/s1. The van der Waals surface area contributed by atoms with Crippen LogP contribution in [0.25, 0.3) is 0 Å². The quantitative estimate of drug-likeness (QED) is 0.310. The third-order valence-electron chi connectivity index (χ3n) is 5.85. The summed E-state index contributed by atoms with van der Waals surface area (Å²) in [4.78, 5) is 32.2. The van der Waals surface area contributed by atoms with Crippen LogP contribution in [0, 0.1) is 11.8 Å². The molecular formula is C26H42ClN3O3S. The first-order chi connectivity index (χ1) is 16.0. The van der Waals surface area contributed by atoms with Crippen molar-refractivity contribution in [3.8, 4) is 0 Å². The molecule has 0 aliphatic heterocycles. The number of thiazole rings is 1. The summed E-state index contributed by atoms with van der Waals surface area (Å²) in [5.41, 5.74) is 3.65. The molecule has 0 aliphatic carbocycles. The third-order valence-corrected chi connectivity index (χ3v) is 6.92. The molecule has 1 rings (SSSR count). The number of carbonyl (C=O) groups is 2. The first-order valence-corrected chi connectivity index (χ1v) is 13.4. The molecule has 0 saturated carbocycles. The lowest BCUT2D eigenvalue weighted by atomic mass is 9.90. The molecule has 1 heterocycles. The number of carbonyl (C=O) groups excluding carboxylic acids is 2. The first kappa shape index (κ1) is 30.3. The smallest absolute Gasteiger partial charge is 0.249 e. The Morgan fingerprint density at radius 2 is 1.91 bits per heavy atom. The number of halogens is 1. The van der Waals surface area contributed by atoms with Crippen molar-refractivity contribution in [3.63, 3.8) is 0 Å². The lowest BCUT2D eigenvalue weighted by molar-refractivity contribution is -0.131. The van der Waals surface area contributed by atoms with E-state index in [1.54, 1.807) is 46.8 Å². The number of amides is 2. The zero-order chi connectivity index (χ0) is 25.7. The van der Waals surface area contributed by atoms with E-state index < -0.39 is 6.10 Å². The van der Waals surface area contributed by atoms with Crippen molar-refractivity contribution < 1.29 is 14.7 Å². The average Bonchev–Trinajstić information content (AvgIpc) is 3.27. The van der Waals surface area contributed by atoms with Gasteiger partial charge >= 0.3 is 0 Å². The summed E-state index contributed by atoms with van der Waals surface area (Å²) in [5.74, 6) is 0.817. The molecule has 192 valence electrons. The second kappa shape index (κ2) is 16.1. The maximum atomic E-state index is 12.7. The molecule has 34 heavy (non-hydrogen) atoms. The highest BCUT2D eigenvalue weighted by molar-refractivity contribution is 7.09. The predicted octanol–water partition coefficient (Wildman–Crippen LogP) is 5.62. The van der Waals surface area contributed by atoms with Crippen LogP contribution in [0.3, 0.4) is 0 Å². The van der Waals surface area contributed by atoms with Gasteiger partial charge in [0.1, 0.15) is 5.01 Å². The minimum absolute atomic E-state index is 0.0368. The molecule has 1 N–H and O–H groups in total. The Morgan fingerprint density at radius 3 is 2.50 bits per heavy atom. The minimum atomic E-state index is -0.613. The Balaban J connectivity index is 2.39. The van der Waals surface area contributed by atoms with Gasteiger partial charge in [-0.1, -0.05) is 37.1 Å². The second-order valence-corrected chi connectivity index (χ2v) is 10.7. The van der Waals surface area contributed by atoms with Crippen molar-refractivity contribution in [2.45, 2.75) is 78.9 Å². The minimum Gasteiger partial charge on any atom is -0.393 e. The van der Waals surface area contributed by atoms with E-state index >= 15 is 0 Å². The van der Waals surface area contributed by atoms with Gasteiger partial charge in [0.25, 0.3) is 0 Å². The van der Waals surface area contributed by atoms with E-state index in [2.05, 4.69) is 24.9 Å². The van der Waals surface area contributed by atoms with Gasteiger partial charge in [-0.15, -0.1) is 11.3 Å². The highest BCUT2D eigenvalue weighted by Gasteiger charge is 2.15. The fourth-order valence-electron chi connectivity index (χ4n) is 3.97. The third kappa shape index (κ3) is 12.1. The number of hydrogen-bond donors (Lipinski definition) is 1. The van der Waals surface area contributed by atoms with Crippen LogP contribution in [0.4, 0.5) is 0 Å². The normalized spacial score (nSPS) is 15.1. The number of rotatable bonds is 15.